The molecule has 5 aromatic carbocycles. The molecule has 7 N–H and O–H groups in total. The lowest BCUT2D eigenvalue weighted by Crippen LogP contribution is -2.59. The van der Waals surface area contributed by atoms with Gasteiger partial charge in [-0.25, -0.2) is 4.79 Å². The van der Waals surface area contributed by atoms with Gasteiger partial charge >= 0.3 is 5.97 Å². The summed E-state index contributed by atoms with van der Waals surface area (Å²) in [6.07, 6.45) is 0.513. The Balaban J connectivity index is 1.38. The first kappa shape index (κ1) is 40.6. The third kappa shape index (κ3) is 12.8. The highest BCUT2D eigenvalue weighted by Gasteiger charge is 2.32. The second-order valence-corrected chi connectivity index (χ2v) is 13.6. The number of amides is 4. The van der Waals surface area contributed by atoms with Crippen LogP contribution in [0.4, 0.5) is 0 Å². The Morgan fingerprint density at radius 3 is 0.893 bits per heavy atom. The molecule has 0 radical (unpaired) electrons. The smallest absolute Gasteiger partial charge is 0.326 e. The highest BCUT2D eigenvalue weighted by molar-refractivity contribution is 5.96. The molecule has 0 saturated heterocycles. The topological polar surface area (TPSA) is 180 Å². The fraction of sp³-hybridized carbons (Fsp3) is 0.222. The van der Waals surface area contributed by atoms with Crippen molar-refractivity contribution in [2.24, 2.45) is 5.73 Å². The standard InChI is InChI=1S/C45H47N5O6/c46-36(26-31-16-6-1-7-17-31)41(51)47-37(27-32-18-8-2-9-19-32)42(52)48-38(28-33-20-10-3-11-21-33)43(53)49-39(29-34-22-12-4-13-23-34)44(54)50-40(45(55)56)30-35-24-14-5-15-25-35/h1-25,36-40H,26-30,46H2,(H,47,51)(H,48,52)(H,49,53)(H,50,54)(H,55,56)/t36-,37+,38-,39+,40-/m0/s1. The van der Waals surface area contributed by atoms with E-state index in [9.17, 15) is 29.1 Å². The van der Waals surface area contributed by atoms with Gasteiger partial charge in [0.05, 0.1) is 6.04 Å². The predicted molar refractivity (Wildman–Crippen MR) is 214 cm³/mol. The minimum atomic E-state index is -1.27. The monoisotopic (exact) mass is 753 g/mol. The predicted octanol–water partition coefficient (Wildman–Crippen LogP) is 3.55. The fourth-order valence-corrected chi connectivity index (χ4v) is 6.28. The van der Waals surface area contributed by atoms with E-state index in [1.54, 1.807) is 48.5 Å². The molecule has 0 unspecified atom stereocenters. The van der Waals surface area contributed by atoms with Gasteiger partial charge in [-0.15, -0.1) is 0 Å². The van der Waals surface area contributed by atoms with Gasteiger partial charge < -0.3 is 32.1 Å². The molecule has 5 rings (SSSR count). The number of carbonyl (C=O) groups excluding carboxylic acids is 4. The zero-order chi connectivity index (χ0) is 39.7. The largest absolute Gasteiger partial charge is 0.480 e. The van der Waals surface area contributed by atoms with E-state index in [1.807, 2.05) is 103 Å². The van der Waals surface area contributed by atoms with E-state index in [-0.39, 0.29) is 32.1 Å². The van der Waals surface area contributed by atoms with E-state index in [0.29, 0.717) is 5.56 Å². The first-order valence-corrected chi connectivity index (χ1v) is 18.5. The van der Waals surface area contributed by atoms with Crippen LogP contribution in [0, 0.1) is 0 Å². The molecule has 0 aromatic heterocycles. The lowest BCUT2D eigenvalue weighted by atomic mass is 10.00. The number of rotatable bonds is 19. The summed E-state index contributed by atoms with van der Waals surface area (Å²) in [7, 11) is 0. The lowest BCUT2D eigenvalue weighted by Gasteiger charge is -2.27. The van der Waals surface area contributed by atoms with Gasteiger partial charge in [0.15, 0.2) is 0 Å². The molecule has 0 aliphatic rings. The Hall–Kier alpha value is -6.59. The second kappa shape index (κ2) is 20.8. The van der Waals surface area contributed by atoms with E-state index >= 15 is 0 Å². The zero-order valence-electron chi connectivity index (χ0n) is 30.9. The summed E-state index contributed by atoms with van der Waals surface area (Å²) >= 11 is 0. The molecule has 0 bridgehead atoms. The van der Waals surface area contributed by atoms with Crippen LogP contribution in [-0.4, -0.2) is 64.9 Å². The van der Waals surface area contributed by atoms with Gasteiger partial charge in [0.25, 0.3) is 0 Å². The van der Waals surface area contributed by atoms with Crippen LogP contribution in [-0.2, 0) is 56.1 Å². The summed E-state index contributed by atoms with van der Waals surface area (Å²) in [4.78, 5) is 68.1. The second-order valence-electron chi connectivity index (χ2n) is 13.6. The van der Waals surface area contributed by atoms with Crippen LogP contribution in [0.25, 0.3) is 0 Å². The van der Waals surface area contributed by atoms with E-state index in [0.717, 1.165) is 22.3 Å². The molecule has 0 heterocycles. The molecule has 56 heavy (non-hydrogen) atoms. The van der Waals surface area contributed by atoms with Gasteiger partial charge in [-0.3, -0.25) is 19.2 Å². The molecular weight excluding hydrogens is 707 g/mol. The van der Waals surface area contributed by atoms with Crippen LogP contribution in [0.5, 0.6) is 0 Å². The highest BCUT2D eigenvalue weighted by Crippen LogP contribution is 2.11. The van der Waals surface area contributed by atoms with Crippen LogP contribution in [0.3, 0.4) is 0 Å². The summed E-state index contributed by atoms with van der Waals surface area (Å²) in [6, 6.07) is 39.8. The molecule has 0 fully saturated rings. The average Bonchev–Trinajstić information content (AvgIpc) is 3.21. The summed E-state index contributed by atoms with van der Waals surface area (Å²) in [5, 5.41) is 21.1. The van der Waals surface area contributed by atoms with Crippen molar-refractivity contribution >= 4 is 29.6 Å². The third-order valence-electron chi connectivity index (χ3n) is 9.28. The van der Waals surface area contributed by atoms with Gasteiger partial charge in [-0.2, -0.15) is 0 Å². The molecule has 5 atom stereocenters. The summed E-state index contributed by atoms with van der Waals surface area (Å²) in [6.45, 7) is 0. The molecule has 0 spiro atoms. The maximum absolute atomic E-state index is 14.3. The summed E-state index contributed by atoms with van der Waals surface area (Å²) in [5.41, 5.74) is 10.1. The SMILES string of the molecule is N[C@@H](Cc1ccccc1)C(=O)N[C@H](Cc1ccccc1)C(=O)N[C@@H](Cc1ccccc1)C(=O)N[C@H](Cc1ccccc1)C(=O)N[C@@H](Cc1ccccc1)C(=O)O. The van der Waals surface area contributed by atoms with Crippen LogP contribution in [0.1, 0.15) is 27.8 Å². The highest BCUT2D eigenvalue weighted by atomic mass is 16.4. The quantitative estimate of drug-likeness (QED) is 0.0747. The number of nitrogens with one attached hydrogen (secondary N) is 4. The van der Waals surface area contributed by atoms with Gasteiger partial charge in [-0.05, 0) is 34.2 Å². The lowest BCUT2D eigenvalue weighted by molar-refractivity contribution is -0.142. The van der Waals surface area contributed by atoms with Crippen molar-refractivity contribution in [3.8, 4) is 0 Å². The number of carboxylic acid groups (broad SMARTS) is 1. The van der Waals surface area contributed by atoms with Crippen molar-refractivity contribution in [3.63, 3.8) is 0 Å². The van der Waals surface area contributed by atoms with Crippen LogP contribution in [0.2, 0.25) is 0 Å². The average molecular weight is 754 g/mol. The third-order valence-corrected chi connectivity index (χ3v) is 9.28. The number of nitrogens with two attached hydrogens (primary N) is 1. The van der Waals surface area contributed by atoms with E-state index in [1.165, 1.54) is 0 Å². The van der Waals surface area contributed by atoms with Crippen LogP contribution >= 0.6 is 0 Å². The minimum Gasteiger partial charge on any atom is -0.480 e. The van der Waals surface area contributed by atoms with Gasteiger partial charge in [-0.1, -0.05) is 152 Å². The van der Waals surface area contributed by atoms with Gasteiger partial charge in [0, 0.05) is 25.7 Å². The molecule has 0 saturated carbocycles. The normalized spacial score (nSPS) is 13.5. The zero-order valence-corrected chi connectivity index (χ0v) is 30.9. The Labute approximate surface area is 326 Å². The van der Waals surface area contributed by atoms with E-state index in [2.05, 4.69) is 21.3 Å². The molecule has 0 aliphatic heterocycles. The summed E-state index contributed by atoms with van der Waals surface area (Å²) < 4.78 is 0. The van der Waals surface area contributed by atoms with Crippen molar-refractivity contribution in [2.75, 3.05) is 0 Å². The number of hydrogen-bond donors (Lipinski definition) is 6. The Kier molecular flexibility index (Phi) is 15.0. The Morgan fingerprint density at radius 1 is 0.375 bits per heavy atom. The molecule has 5 aromatic rings. The number of aliphatic carboxylic acids is 1. The number of carboxylic acids is 1. The van der Waals surface area contributed by atoms with Crippen LogP contribution in [0.15, 0.2) is 152 Å². The molecule has 11 nitrogen and oxygen atoms in total. The van der Waals surface area contributed by atoms with Gasteiger partial charge in [0.1, 0.15) is 24.2 Å². The molecule has 0 aliphatic carbocycles. The fourth-order valence-electron chi connectivity index (χ4n) is 6.28. The van der Waals surface area contributed by atoms with Crippen molar-refractivity contribution in [1.29, 1.82) is 0 Å². The van der Waals surface area contributed by atoms with E-state index in [4.69, 9.17) is 5.73 Å². The van der Waals surface area contributed by atoms with Crippen molar-refractivity contribution in [3.05, 3.63) is 179 Å². The van der Waals surface area contributed by atoms with Crippen molar-refractivity contribution < 1.29 is 29.1 Å². The van der Waals surface area contributed by atoms with Gasteiger partial charge in [0.2, 0.25) is 23.6 Å². The molecular formula is C45H47N5O6. The van der Waals surface area contributed by atoms with E-state index < -0.39 is 59.8 Å². The molecule has 4 amide bonds. The maximum Gasteiger partial charge on any atom is 0.326 e. The first-order chi connectivity index (χ1) is 27.1. The minimum absolute atomic E-state index is 0.0319. The van der Waals surface area contributed by atoms with Crippen molar-refractivity contribution in [1.82, 2.24) is 21.3 Å². The molecule has 11 heteroatoms. The number of hydrogen-bond acceptors (Lipinski definition) is 6. The number of benzene rings is 5. The maximum atomic E-state index is 14.3. The first-order valence-electron chi connectivity index (χ1n) is 18.5. The van der Waals surface area contributed by atoms with Crippen molar-refractivity contribution in [2.45, 2.75) is 62.3 Å². The summed E-state index contributed by atoms with van der Waals surface area (Å²) in [5.74, 6) is -3.74. The molecule has 288 valence electrons. The van der Waals surface area contributed by atoms with Crippen LogP contribution < -0.4 is 27.0 Å². The Bertz CT molecular complexity index is 2020. The number of carbonyl (C=O) groups is 5. The Morgan fingerprint density at radius 2 is 0.607 bits per heavy atom.